The first kappa shape index (κ1) is 53.9. The van der Waals surface area contributed by atoms with Crippen molar-refractivity contribution < 1.29 is 43.3 Å². The van der Waals surface area contributed by atoms with E-state index >= 15 is 0 Å². The second-order valence-electron chi connectivity index (χ2n) is 19.2. The van der Waals surface area contributed by atoms with E-state index in [-0.39, 0.29) is 30.2 Å². The molecule has 388 valence electrons. The Balaban J connectivity index is 0.000000156. The third kappa shape index (κ3) is 12.8. The van der Waals surface area contributed by atoms with Crippen molar-refractivity contribution in [1.82, 2.24) is 15.2 Å². The molecular formula is C63H67N3O9. The molecule has 7 aromatic carbocycles. The zero-order valence-electron chi connectivity index (χ0n) is 43.2. The summed E-state index contributed by atoms with van der Waals surface area (Å²) in [7, 11) is 0. The Hall–Kier alpha value is -7.38. The Bertz CT molecular complexity index is 3000. The molecule has 0 saturated heterocycles. The van der Waals surface area contributed by atoms with Gasteiger partial charge in [0, 0.05) is 16.2 Å². The van der Waals surface area contributed by atoms with Crippen LogP contribution in [-0.2, 0) is 21.1 Å². The molecular weight excluding hydrogens is 943 g/mol. The third-order valence-corrected chi connectivity index (χ3v) is 13.8. The van der Waals surface area contributed by atoms with Crippen molar-refractivity contribution in [3.8, 4) is 0 Å². The number of hydrogen-bond donors (Lipinski definition) is 0. The van der Waals surface area contributed by atoms with Gasteiger partial charge in [-0.2, -0.15) is 0 Å². The third-order valence-electron chi connectivity index (χ3n) is 13.8. The van der Waals surface area contributed by atoms with Gasteiger partial charge in [-0.1, -0.05) is 207 Å². The van der Waals surface area contributed by atoms with Crippen molar-refractivity contribution in [3.63, 3.8) is 0 Å². The van der Waals surface area contributed by atoms with Gasteiger partial charge in [0.15, 0.2) is 0 Å². The summed E-state index contributed by atoms with van der Waals surface area (Å²) in [6, 6.07) is 42.2. The molecule has 0 radical (unpaired) electrons. The number of benzene rings is 7. The van der Waals surface area contributed by atoms with E-state index in [1.54, 1.807) is 36.4 Å². The Kier molecular flexibility index (Phi) is 19.2. The molecule has 6 amide bonds. The number of amides is 6. The van der Waals surface area contributed by atoms with Gasteiger partial charge in [0.2, 0.25) is 0 Å². The molecule has 0 aromatic heterocycles. The van der Waals surface area contributed by atoms with E-state index in [1.165, 1.54) is 83.5 Å². The highest BCUT2D eigenvalue weighted by molar-refractivity contribution is 6.26. The van der Waals surface area contributed by atoms with Gasteiger partial charge in [0.25, 0.3) is 35.4 Å². The van der Waals surface area contributed by atoms with Crippen LogP contribution < -0.4 is 0 Å². The van der Waals surface area contributed by atoms with Crippen molar-refractivity contribution in [2.75, 3.05) is 13.2 Å². The Labute approximate surface area is 439 Å². The van der Waals surface area contributed by atoms with Crippen LogP contribution in [0.3, 0.4) is 0 Å². The monoisotopic (exact) mass is 1010 g/mol. The molecule has 7 aromatic rings. The molecule has 12 nitrogen and oxygen atoms in total. The van der Waals surface area contributed by atoms with Crippen molar-refractivity contribution in [1.29, 1.82) is 0 Å². The Morgan fingerprint density at radius 2 is 0.587 bits per heavy atom. The maximum Gasteiger partial charge on any atom is 0.285 e. The summed E-state index contributed by atoms with van der Waals surface area (Å²) in [5, 5.41) is 7.54. The zero-order chi connectivity index (χ0) is 52.5. The van der Waals surface area contributed by atoms with Crippen LogP contribution in [-0.4, -0.2) is 63.8 Å². The van der Waals surface area contributed by atoms with Crippen molar-refractivity contribution in [2.24, 2.45) is 0 Å². The molecule has 10 rings (SSSR count). The fourth-order valence-corrected chi connectivity index (χ4v) is 9.90. The molecule has 0 fully saturated rings. The van der Waals surface area contributed by atoms with Gasteiger partial charge in [-0.15, -0.1) is 15.2 Å². The Morgan fingerprint density at radius 1 is 0.293 bits per heavy atom. The summed E-state index contributed by atoms with van der Waals surface area (Å²) in [6.07, 6.45) is 20.3. The molecule has 75 heavy (non-hydrogen) atoms. The molecule has 0 unspecified atom stereocenters. The molecule has 3 aliphatic heterocycles. The summed E-state index contributed by atoms with van der Waals surface area (Å²) in [5.41, 5.74) is 3.99. The van der Waals surface area contributed by atoms with E-state index in [0.29, 0.717) is 52.0 Å². The number of imide groups is 3. The number of hydrogen-bond acceptors (Lipinski definition) is 9. The first-order valence-corrected chi connectivity index (χ1v) is 26.9. The van der Waals surface area contributed by atoms with Crippen LogP contribution in [0.1, 0.15) is 184 Å². The highest BCUT2D eigenvalue weighted by Crippen LogP contribution is 2.33. The SMILES string of the molecule is CCCCCCCCCCCCCCCCCON1C(=O)c2cccc3cccc(c23)C1=O.CCCON1C(=O)c2cccc3cccc(c23)C1=O.O=C1c2cccc3cccc(c23)C(=O)N1OCc1ccccc1. The summed E-state index contributed by atoms with van der Waals surface area (Å²) in [4.78, 5) is 91.8. The molecule has 0 spiro atoms. The normalized spacial score (nSPS) is 13.7. The number of nitrogens with zero attached hydrogens (tertiary/aromatic N) is 3. The highest BCUT2D eigenvalue weighted by atomic mass is 16.7. The van der Waals surface area contributed by atoms with E-state index in [4.69, 9.17) is 14.5 Å². The minimum Gasteiger partial charge on any atom is -0.266 e. The predicted octanol–water partition coefficient (Wildman–Crippen LogP) is 14.6. The van der Waals surface area contributed by atoms with Gasteiger partial charge in [-0.05, 0) is 71.0 Å². The quantitative estimate of drug-likeness (QED) is 0.0452. The van der Waals surface area contributed by atoms with Crippen molar-refractivity contribution >= 4 is 67.8 Å². The van der Waals surface area contributed by atoms with Crippen molar-refractivity contribution in [2.45, 2.75) is 123 Å². The molecule has 12 heteroatoms. The first-order chi connectivity index (χ1) is 36.7. The van der Waals surface area contributed by atoms with Crippen LogP contribution in [0.4, 0.5) is 0 Å². The number of unbranched alkanes of at least 4 members (excludes halogenated alkanes) is 14. The van der Waals surface area contributed by atoms with Crippen LogP contribution in [0.2, 0.25) is 0 Å². The maximum absolute atomic E-state index is 12.8. The van der Waals surface area contributed by atoms with Gasteiger partial charge >= 0.3 is 0 Å². The van der Waals surface area contributed by atoms with E-state index < -0.39 is 11.8 Å². The molecule has 0 atom stereocenters. The minimum atomic E-state index is -0.421. The largest absolute Gasteiger partial charge is 0.285 e. The van der Waals surface area contributed by atoms with Gasteiger partial charge in [0.05, 0.1) is 46.6 Å². The fraction of sp³-hybridized carbons (Fsp3) is 0.333. The lowest BCUT2D eigenvalue weighted by Crippen LogP contribution is -2.40. The van der Waals surface area contributed by atoms with Crippen LogP contribution in [0.15, 0.2) is 140 Å². The summed E-state index contributed by atoms with van der Waals surface area (Å²) in [5.74, 6) is -2.33. The van der Waals surface area contributed by atoms with E-state index in [0.717, 1.165) is 66.9 Å². The topological polar surface area (TPSA) is 140 Å². The first-order valence-electron chi connectivity index (χ1n) is 26.9. The Morgan fingerprint density at radius 3 is 0.907 bits per heavy atom. The minimum absolute atomic E-state index is 0.163. The molecule has 3 heterocycles. The molecule has 0 saturated carbocycles. The number of rotatable bonds is 23. The van der Waals surface area contributed by atoms with Crippen LogP contribution in [0.25, 0.3) is 32.3 Å². The lowest BCUT2D eigenvalue weighted by atomic mass is 9.95. The summed E-state index contributed by atoms with van der Waals surface area (Å²) in [6.45, 7) is 5.10. The lowest BCUT2D eigenvalue weighted by Gasteiger charge is -2.26. The maximum atomic E-state index is 12.8. The zero-order valence-corrected chi connectivity index (χ0v) is 43.2. The van der Waals surface area contributed by atoms with Gasteiger partial charge < -0.3 is 0 Å². The van der Waals surface area contributed by atoms with E-state index in [9.17, 15) is 28.8 Å². The standard InChI is InChI=1S/C29H41NO3.C19H13NO3.C15H13NO3/c1-2-3-4-5-6-7-8-9-10-11-12-13-14-15-16-23-33-30-28(31)25-21-17-19-24-20-18-22-26(27(24)25)29(30)32;21-18-15-10-4-8-14-9-5-11-16(17(14)15)19(22)20(18)23-12-13-6-2-1-3-7-13;1-2-9-19-16-14(17)11-7-3-5-10-6-4-8-12(13(10)11)15(16)18/h17-22H,2-16,23H2,1H3;1-11H,12H2;3-8H,2,9H2,1H3. The van der Waals surface area contributed by atoms with E-state index in [1.807, 2.05) is 110 Å². The van der Waals surface area contributed by atoms with Gasteiger partial charge in [-0.25, -0.2) is 0 Å². The second kappa shape index (κ2) is 26.7. The van der Waals surface area contributed by atoms with Crippen LogP contribution in [0, 0.1) is 0 Å². The van der Waals surface area contributed by atoms with E-state index in [2.05, 4.69) is 6.92 Å². The smallest absolute Gasteiger partial charge is 0.266 e. The number of carbonyl (C=O) groups excluding carboxylic acids is 6. The predicted molar refractivity (Wildman–Crippen MR) is 292 cm³/mol. The van der Waals surface area contributed by atoms with Crippen LogP contribution in [0.5, 0.6) is 0 Å². The molecule has 0 bridgehead atoms. The summed E-state index contributed by atoms with van der Waals surface area (Å²) < 4.78 is 0. The average Bonchev–Trinajstić information content (AvgIpc) is 3.45. The fourth-order valence-electron chi connectivity index (χ4n) is 9.90. The second-order valence-corrected chi connectivity index (χ2v) is 19.2. The lowest BCUT2D eigenvalue weighted by molar-refractivity contribution is -0.104. The molecule has 0 aliphatic carbocycles. The van der Waals surface area contributed by atoms with Crippen molar-refractivity contribution in [3.05, 3.63) is 178 Å². The average molecular weight is 1010 g/mol. The molecule has 0 N–H and O–H groups in total. The van der Waals surface area contributed by atoms with Crippen LogP contribution >= 0.6 is 0 Å². The molecule has 3 aliphatic rings. The van der Waals surface area contributed by atoms with Gasteiger partial charge in [0.1, 0.15) is 6.61 Å². The van der Waals surface area contributed by atoms with Gasteiger partial charge in [-0.3, -0.25) is 43.3 Å². The summed E-state index contributed by atoms with van der Waals surface area (Å²) >= 11 is 0. The number of hydroxylamine groups is 6. The number of carbonyl (C=O) groups is 6. The highest BCUT2D eigenvalue weighted by Gasteiger charge is 2.36.